The lowest BCUT2D eigenvalue weighted by Crippen LogP contribution is -2.52. The molecule has 1 aromatic carbocycles. The van der Waals surface area contributed by atoms with Crippen LogP contribution in [0, 0.1) is 5.41 Å². The van der Waals surface area contributed by atoms with Gasteiger partial charge in [-0.05, 0) is 18.9 Å². The number of benzene rings is 1. The van der Waals surface area contributed by atoms with Crippen molar-refractivity contribution in [2.45, 2.75) is 19.3 Å². The maximum Gasteiger partial charge on any atom is 0.313 e. The standard InChI is InChI=1S/C17H21N3O4/c1-24-11-17(16(22)23)7-4-8-20(10-17)15(21)9-14-12-5-2-3-6-13(12)18-19-14/h2-3,5-6H,4,7-11H2,1H3,(H,18,19)(H,22,23). The summed E-state index contributed by atoms with van der Waals surface area (Å²) in [6.45, 7) is 0.865. The number of carboxylic acid groups (broad SMARTS) is 1. The van der Waals surface area contributed by atoms with Crippen molar-refractivity contribution in [3.63, 3.8) is 0 Å². The van der Waals surface area contributed by atoms with Gasteiger partial charge in [0.15, 0.2) is 0 Å². The first-order valence-electron chi connectivity index (χ1n) is 7.98. The number of H-pyrrole nitrogens is 1. The molecule has 2 aromatic rings. The zero-order valence-electron chi connectivity index (χ0n) is 13.6. The minimum Gasteiger partial charge on any atom is -0.481 e. The van der Waals surface area contributed by atoms with Crippen molar-refractivity contribution in [3.8, 4) is 0 Å². The monoisotopic (exact) mass is 331 g/mol. The van der Waals surface area contributed by atoms with Crippen LogP contribution in [0.1, 0.15) is 18.5 Å². The van der Waals surface area contributed by atoms with E-state index in [2.05, 4.69) is 10.2 Å². The number of nitrogens with one attached hydrogen (secondary N) is 1. The van der Waals surface area contributed by atoms with E-state index in [-0.39, 0.29) is 25.5 Å². The molecule has 0 bridgehead atoms. The van der Waals surface area contributed by atoms with E-state index in [1.165, 1.54) is 7.11 Å². The zero-order valence-corrected chi connectivity index (χ0v) is 13.6. The lowest BCUT2D eigenvalue weighted by molar-refractivity contribution is -0.159. The van der Waals surface area contributed by atoms with Crippen molar-refractivity contribution < 1.29 is 19.4 Å². The first-order chi connectivity index (χ1) is 11.6. The summed E-state index contributed by atoms with van der Waals surface area (Å²) in [6, 6.07) is 7.60. The molecule has 0 saturated carbocycles. The Balaban J connectivity index is 1.76. The summed E-state index contributed by atoms with van der Waals surface area (Å²) < 4.78 is 5.10. The molecule has 2 N–H and O–H groups in total. The average Bonchev–Trinajstić information content (AvgIpc) is 2.98. The summed E-state index contributed by atoms with van der Waals surface area (Å²) in [6.07, 6.45) is 1.36. The number of hydrogen-bond acceptors (Lipinski definition) is 4. The predicted molar refractivity (Wildman–Crippen MR) is 87.6 cm³/mol. The molecule has 24 heavy (non-hydrogen) atoms. The largest absolute Gasteiger partial charge is 0.481 e. The van der Waals surface area contributed by atoms with Crippen LogP contribution in [0.4, 0.5) is 0 Å². The third-order valence-corrected chi connectivity index (χ3v) is 4.67. The number of piperidine rings is 1. The minimum atomic E-state index is -1.02. The molecule has 0 aliphatic carbocycles. The van der Waals surface area contributed by atoms with Crippen molar-refractivity contribution in [1.29, 1.82) is 0 Å². The van der Waals surface area contributed by atoms with Gasteiger partial charge in [-0.15, -0.1) is 0 Å². The Morgan fingerprint density at radius 3 is 2.96 bits per heavy atom. The second-order valence-electron chi connectivity index (χ2n) is 6.33. The number of para-hydroxylation sites is 1. The van der Waals surface area contributed by atoms with Crippen molar-refractivity contribution >= 4 is 22.8 Å². The number of carbonyl (C=O) groups is 2. The number of rotatable bonds is 5. The fraction of sp³-hybridized carbons (Fsp3) is 0.471. The number of ether oxygens (including phenoxy) is 1. The van der Waals surface area contributed by atoms with Crippen molar-refractivity contribution in [2.24, 2.45) is 5.41 Å². The van der Waals surface area contributed by atoms with Gasteiger partial charge >= 0.3 is 5.97 Å². The number of aromatic amines is 1. The molecule has 7 heteroatoms. The molecule has 128 valence electrons. The predicted octanol–water partition coefficient (Wildman–Crippen LogP) is 1.45. The fourth-order valence-corrected chi connectivity index (χ4v) is 3.39. The molecule has 1 aliphatic rings. The molecule has 0 spiro atoms. The number of hydrogen-bond donors (Lipinski definition) is 2. The quantitative estimate of drug-likeness (QED) is 0.864. The third-order valence-electron chi connectivity index (χ3n) is 4.67. The number of nitrogens with zero attached hydrogens (tertiary/aromatic N) is 2. The summed E-state index contributed by atoms with van der Waals surface area (Å²) in [5.41, 5.74) is 0.561. The molecule has 1 atom stereocenters. The van der Waals surface area contributed by atoms with Crippen LogP contribution >= 0.6 is 0 Å². The van der Waals surface area contributed by atoms with Crippen LogP contribution in [0.2, 0.25) is 0 Å². The Labute approximate surface area is 139 Å². The van der Waals surface area contributed by atoms with E-state index in [1.807, 2.05) is 24.3 Å². The van der Waals surface area contributed by atoms with Crippen LogP contribution in [-0.4, -0.2) is 58.9 Å². The highest BCUT2D eigenvalue weighted by Crippen LogP contribution is 2.31. The van der Waals surface area contributed by atoms with Crippen molar-refractivity contribution in [1.82, 2.24) is 15.1 Å². The Morgan fingerprint density at radius 1 is 1.42 bits per heavy atom. The average molecular weight is 331 g/mol. The molecule has 1 amide bonds. The molecular formula is C17H21N3O4. The van der Waals surface area contributed by atoms with Gasteiger partial charge in [0.05, 0.1) is 24.2 Å². The van der Waals surface area contributed by atoms with Crippen LogP contribution in [0.25, 0.3) is 10.9 Å². The maximum atomic E-state index is 12.7. The van der Waals surface area contributed by atoms with Gasteiger partial charge in [-0.25, -0.2) is 0 Å². The van der Waals surface area contributed by atoms with E-state index >= 15 is 0 Å². The van der Waals surface area contributed by atoms with Gasteiger partial charge in [0.2, 0.25) is 5.91 Å². The number of fused-ring (bicyclic) bond motifs is 1. The normalized spacial score (nSPS) is 21.1. The highest BCUT2D eigenvalue weighted by molar-refractivity contribution is 5.87. The van der Waals surface area contributed by atoms with E-state index in [1.54, 1.807) is 4.90 Å². The van der Waals surface area contributed by atoms with Gasteiger partial charge in [-0.1, -0.05) is 18.2 Å². The first kappa shape index (κ1) is 16.4. The number of aliphatic carboxylic acids is 1. The van der Waals surface area contributed by atoms with E-state index in [4.69, 9.17) is 4.74 Å². The van der Waals surface area contributed by atoms with Crippen LogP contribution in [0.5, 0.6) is 0 Å². The number of aromatic nitrogens is 2. The Morgan fingerprint density at radius 2 is 2.21 bits per heavy atom. The Kier molecular flexibility index (Phi) is 4.53. The molecule has 1 aromatic heterocycles. The molecule has 1 saturated heterocycles. The van der Waals surface area contributed by atoms with E-state index in [0.717, 1.165) is 16.6 Å². The molecule has 7 nitrogen and oxygen atoms in total. The van der Waals surface area contributed by atoms with Crippen LogP contribution < -0.4 is 0 Å². The first-order valence-corrected chi connectivity index (χ1v) is 7.98. The number of amides is 1. The van der Waals surface area contributed by atoms with Crippen molar-refractivity contribution in [3.05, 3.63) is 30.0 Å². The lowest BCUT2D eigenvalue weighted by atomic mass is 9.80. The smallest absolute Gasteiger partial charge is 0.313 e. The molecule has 1 aliphatic heterocycles. The van der Waals surface area contributed by atoms with Crippen molar-refractivity contribution in [2.75, 3.05) is 26.8 Å². The zero-order chi connectivity index (χ0) is 17.2. The van der Waals surface area contributed by atoms with Gasteiger partial charge < -0.3 is 14.7 Å². The van der Waals surface area contributed by atoms with Crippen LogP contribution in [0.15, 0.2) is 24.3 Å². The Bertz CT molecular complexity index is 753. The second-order valence-corrected chi connectivity index (χ2v) is 6.33. The van der Waals surface area contributed by atoms with E-state index in [0.29, 0.717) is 19.4 Å². The Hall–Kier alpha value is -2.41. The van der Waals surface area contributed by atoms with Gasteiger partial charge in [-0.3, -0.25) is 14.7 Å². The topological polar surface area (TPSA) is 95.5 Å². The molecule has 0 radical (unpaired) electrons. The lowest BCUT2D eigenvalue weighted by Gasteiger charge is -2.39. The molecular weight excluding hydrogens is 310 g/mol. The van der Waals surface area contributed by atoms with Gasteiger partial charge in [0, 0.05) is 25.6 Å². The number of carboxylic acids is 1. The molecule has 2 heterocycles. The summed E-state index contributed by atoms with van der Waals surface area (Å²) in [5.74, 6) is -1.00. The minimum absolute atomic E-state index is 0.0918. The van der Waals surface area contributed by atoms with E-state index < -0.39 is 11.4 Å². The second kappa shape index (κ2) is 6.60. The highest BCUT2D eigenvalue weighted by atomic mass is 16.5. The fourth-order valence-electron chi connectivity index (χ4n) is 3.39. The van der Waals surface area contributed by atoms with Crippen LogP contribution in [0.3, 0.4) is 0 Å². The third kappa shape index (κ3) is 2.99. The van der Waals surface area contributed by atoms with Gasteiger partial charge in [-0.2, -0.15) is 5.10 Å². The molecule has 1 unspecified atom stereocenters. The summed E-state index contributed by atoms with van der Waals surface area (Å²) in [5, 5.41) is 17.6. The molecule has 3 rings (SSSR count). The highest BCUT2D eigenvalue weighted by Gasteiger charge is 2.43. The van der Waals surface area contributed by atoms with Gasteiger partial charge in [0.1, 0.15) is 5.41 Å². The summed E-state index contributed by atoms with van der Waals surface area (Å²) >= 11 is 0. The summed E-state index contributed by atoms with van der Waals surface area (Å²) in [4.78, 5) is 26.0. The number of methoxy groups -OCH3 is 1. The maximum absolute atomic E-state index is 12.7. The number of likely N-dealkylation sites (tertiary alicyclic amines) is 1. The van der Waals surface area contributed by atoms with E-state index in [9.17, 15) is 14.7 Å². The SMILES string of the molecule is COCC1(C(=O)O)CCCN(C(=O)Cc2[nH]nc3ccccc23)C1. The summed E-state index contributed by atoms with van der Waals surface area (Å²) in [7, 11) is 1.49. The van der Waals surface area contributed by atoms with Crippen LogP contribution in [-0.2, 0) is 20.7 Å². The molecule has 1 fully saturated rings. The van der Waals surface area contributed by atoms with Gasteiger partial charge in [0.25, 0.3) is 0 Å². The number of carbonyl (C=O) groups excluding carboxylic acids is 1.